The van der Waals surface area contributed by atoms with Crippen LogP contribution in [0.25, 0.3) is 0 Å². The molecule has 3 N–H and O–H groups in total. The van der Waals surface area contributed by atoms with Crippen molar-refractivity contribution >= 4 is 5.91 Å². The number of hydrogen-bond acceptors (Lipinski definition) is 3. The summed E-state index contributed by atoms with van der Waals surface area (Å²) in [4.78, 5) is 12.0. The van der Waals surface area contributed by atoms with Crippen LogP contribution in [0.15, 0.2) is 48.5 Å². The monoisotopic (exact) mass is 317 g/mol. The number of nitrogens with one attached hydrogen (secondary N) is 1. The van der Waals surface area contributed by atoms with Gasteiger partial charge in [0.15, 0.2) is 6.10 Å². The summed E-state index contributed by atoms with van der Waals surface area (Å²) >= 11 is 0. The van der Waals surface area contributed by atoms with Crippen LogP contribution in [0.5, 0.6) is 5.75 Å². The van der Waals surface area contributed by atoms with E-state index in [4.69, 9.17) is 0 Å². The number of aliphatic hydroxyl groups excluding tert-OH is 1. The lowest BCUT2D eigenvalue weighted by atomic mass is 10.0. The number of hydrogen-bond donors (Lipinski definition) is 3. The zero-order chi connectivity index (χ0) is 16.8. The lowest BCUT2D eigenvalue weighted by Crippen LogP contribution is -2.36. The second kappa shape index (κ2) is 7.74. The summed E-state index contributed by atoms with van der Waals surface area (Å²) in [6.07, 6.45) is -0.0812. The van der Waals surface area contributed by atoms with E-state index in [9.17, 15) is 19.4 Å². The summed E-state index contributed by atoms with van der Waals surface area (Å²) in [7, 11) is 0. The van der Waals surface area contributed by atoms with E-state index in [2.05, 4.69) is 5.32 Å². The van der Waals surface area contributed by atoms with Crippen LogP contribution in [-0.2, 0) is 11.2 Å². The Labute approximate surface area is 134 Å². The second-order valence-corrected chi connectivity index (χ2v) is 5.58. The van der Waals surface area contributed by atoms with Gasteiger partial charge in [-0.3, -0.25) is 4.79 Å². The number of aryl methyl sites for hydroxylation is 1. The molecule has 5 heteroatoms. The molecule has 0 fully saturated rings. The molecule has 23 heavy (non-hydrogen) atoms. The normalized spacial score (nSPS) is 13.3. The Morgan fingerprint density at radius 2 is 1.96 bits per heavy atom. The fourth-order valence-electron chi connectivity index (χ4n) is 2.32. The van der Waals surface area contributed by atoms with Gasteiger partial charge in [-0.15, -0.1) is 0 Å². The maximum absolute atomic E-state index is 13.1. The SMILES string of the molecule is C[C@H](CCc1cccc(F)c1)NC(=O)[C@H](O)c1cccc(O)c1. The highest BCUT2D eigenvalue weighted by molar-refractivity contribution is 5.82. The third-order valence-electron chi connectivity index (χ3n) is 3.58. The molecule has 4 nitrogen and oxygen atoms in total. The summed E-state index contributed by atoms with van der Waals surface area (Å²) in [5.41, 5.74) is 1.19. The average Bonchev–Trinajstić information content (AvgIpc) is 2.52. The molecule has 122 valence electrons. The number of phenolic OH excluding ortho intramolecular Hbond substituents is 1. The molecule has 0 aliphatic carbocycles. The van der Waals surface area contributed by atoms with Gasteiger partial charge in [-0.1, -0.05) is 24.3 Å². The highest BCUT2D eigenvalue weighted by Crippen LogP contribution is 2.18. The molecule has 2 atom stereocenters. The number of halogens is 1. The van der Waals surface area contributed by atoms with Crippen LogP contribution in [0.3, 0.4) is 0 Å². The van der Waals surface area contributed by atoms with E-state index in [1.807, 2.05) is 13.0 Å². The van der Waals surface area contributed by atoms with Crippen molar-refractivity contribution in [1.82, 2.24) is 5.32 Å². The molecule has 0 saturated carbocycles. The summed E-state index contributed by atoms with van der Waals surface area (Å²) in [5.74, 6) is -0.811. The van der Waals surface area contributed by atoms with Crippen molar-refractivity contribution in [2.24, 2.45) is 0 Å². The topological polar surface area (TPSA) is 69.6 Å². The minimum Gasteiger partial charge on any atom is -0.508 e. The third kappa shape index (κ3) is 5.07. The molecule has 0 aliphatic heterocycles. The van der Waals surface area contributed by atoms with E-state index in [0.717, 1.165) is 5.56 Å². The highest BCUT2D eigenvalue weighted by Gasteiger charge is 2.19. The number of benzene rings is 2. The number of aliphatic hydroxyl groups is 1. The van der Waals surface area contributed by atoms with Gasteiger partial charge >= 0.3 is 0 Å². The first-order chi connectivity index (χ1) is 11.0. The van der Waals surface area contributed by atoms with E-state index in [-0.39, 0.29) is 17.6 Å². The number of carbonyl (C=O) groups is 1. The zero-order valence-electron chi connectivity index (χ0n) is 12.9. The van der Waals surface area contributed by atoms with Crippen molar-refractivity contribution in [3.8, 4) is 5.75 Å². The van der Waals surface area contributed by atoms with Crippen molar-refractivity contribution in [3.63, 3.8) is 0 Å². The van der Waals surface area contributed by atoms with Gasteiger partial charge in [0.25, 0.3) is 5.91 Å². The molecule has 1 amide bonds. The summed E-state index contributed by atoms with van der Waals surface area (Å²) in [5, 5.41) is 22.1. The number of carbonyl (C=O) groups excluding carboxylic acids is 1. The molecule has 0 unspecified atom stereocenters. The molecule has 0 bridgehead atoms. The van der Waals surface area contributed by atoms with Gasteiger partial charge in [-0.05, 0) is 55.2 Å². The maximum atomic E-state index is 13.1. The minimum atomic E-state index is -1.33. The predicted molar refractivity (Wildman–Crippen MR) is 85.4 cm³/mol. The van der Waals surface area contributed by atoms with Crippen LogP contribution < -0.4 is 5.32 Å². The molecule has 0 aromatic heterocycles. The van der Waals surface area contributed by atoms with Crippen LogP contribution >= 0.6 is 0 Å². The Balaban J connectivity index is 1.86. The zero-order valence-corrected chi connectivity index (χ0v) is 12.9. The predicted octanol–water partition coefficient (Wildman–Crippen LogP) is 2.70. The molecule has 0 saturated heterocycles. The van der Waals surface area contributed by atoms with E-state index in [1.54, 1.807) is 18.2 Å². The van der Waals surface area contributed by atoms with Gasteiger partial charge in [0.1, 0.15) is 11.6 Å². The van der Waals surface area contributed by atoms with Gasteiger partial charge < -0.3 is 15.5 Å². The molecule has 0 spiro atoms. The summed E-state index contributed by atoms with van der Waals surface area (Å²) in [6, 6.07) is 12.1. The van der Waals surface area contributed by atoms with Gasteiger partial charge in [0.05, 0.1) is 0 Å². The van der Waals surface area contributed by atoms with E-state index < -0.39 is 12.0 Å². The number of rotatable bonds is 6. The summed E-state index contributed by atoms with van der Waals surface area (Å²) in [6.45, 7) is 1.83. The Hall–Kier alpha value is -2.40. The molecule has 2 rings (SSSR count). The van der Waals surface area contributed by atoms with E-state index in [0.29, 0.717) is 18.4 Å². The Kier molecular flexibility index (Phi) is 5.71. The lowest BCUT2D eigenvalue weighted by Gasteiger charge is -2.17. The van der Waals surface area contributed by atoms with Gasteiger partial charge in [0, 0.05) is 6.04 Å². The average molecular weight is 317 g/mol. The Morgan fingerprint density at radius 1 is 1.22 bits per heavy atom. The Morgan fingerprint density at radius 3 is 2.65 bits per heavy atom. The smallest absolute Gasteiger partial charge is 0.253 e. The quantitative estimate of drug-likeness (QED) is 0.767. The minimum absolute atomic E-state index is 0.00602. The molecule has 0 heterocycles. The first-order valence-electron chi connectivity index (χ1n) is 7.47. The van der Waals surface area contributed by atoms with Crippen molar-refractivity contribution in [1.29, 1.82) is 0 Å². The fourth-order valence-corrected chi connectivity index (χ4v) is 2.32. The molecule has 2 aromatic rings. The van der Waals surface area contributed by atoms with Gasteiger partial charge in [0.2, 0.25) is 0 Å². The van der Waals surface area contributed by atoms with Gasteiger partial charge in [-0.25, -0.2) is 4.39 Å². The summed E-state index contributed by atoms with van der Waals surface area (Å²) < 4.78 is 13.1. The number of aromatic hydroxyl groups is 1. The third-order valence-corrected chi connectivity index (χ3v) is 3.58. The molecular formula is C18H20FNO3. The molecule has 0 radical (unpaired) electrons. The fraction of sp³-hybridized carbons (Fsp3) is 0.278. The van der Waals surface area contributed by atoms with Crippen molar-refractivity contribution in [2.45, 2.75) is 31.9 Å². The van der Waals surface area contributed by atoms with E-state index >= 15 is 0 Å². The molecule has 2 aromatic carbocycles. The largest absolute Gasteiger partial charge is 0.508 e. The highest BCUT2D eigenvalue weighted by atomic mass is 19.1. The van der Waals surface area contributed by atoms with Crippen LogP contribution in [0, 0.1) is 5.82 Å². The lowest BCUT2D eigenvalue weighted by molar-refractivity contribution is -0.130. The van der Waals surface area contributed by atoms with Crippen molar-refractivity contribution in [3.05, 3.63) is 65.5 Å². The first-order valence-corrected chi connectivity index (χ1v) is 7.47. The van der Waals surface area contributed by atoms with Crippen LogP contribution in [0.1, 0.15) is 30.6 Å². The van der Waals surface area contributed by atoms with Crippen molar-refractivity contribution < 1.29 is 19.4 Å². The molecule has 0 aliphatic rings. The Bertz CT molecular complexity index is 675. The second-order valence-electron chi connectivity index (χ2n) is 5.58. The van der Waals surface area contributed by atoms with Crippen molar-refractivity contribution in [2.75, 3.05) is 0 Å². The van der Waals surface area contributed by atoms with E-state index in [1.165, 1.54) is 24.3 Å². The van der Waals surface area contributed by atoms with Crippen LogP contribution in [-0.4, -0.2) is 22.2 Å². The number of phenols is 1. The van der Waals surface area contributed by atoms with Crippen LogP contribution in [0.2, 0.25) is 0 Å². The molecular weight excluding hydrogens is 297 g/mol. The first kappa shape index (κ1) is 17.0. The van der Waals surface area contributed by atoms with Crippen LogP contribution in [0.4, 0.5) is 4.39 Å². The maximum Gasteiger partial charge on any atom is 0.253 e. The van der Waals surface area contributed by atoms with Gasteiger partial charge in [-0.2, -0.15) is 0 Å². The standard InChI is InChI=1S/C18H20FNO3/c1-12(8-9-13-4-2-6-15(19)10-13)20-18(23)17(22)14-5-3-7-16(21)11-14/h2-7,10-12,17,21-22H,8-9H2,1H3,(H,20,23)/t12-,17-/m1/s1. The number of amides is 1.